The summed E-state index contributed by atoms with van der Waals surface area (Å²) in [5.41, 5.74) is 17.7. The minimum Gasteiger partial charge on any atom is -0.310 e. The average molecular weight is 820 g/mol. The molecule has 296 valence electrons. The molecule has 11 aromatic rings. The first-order chi connectivity index (χ1) is 31.2. The van der Waals surface area contributed by atoms with Gasteiger partial charge in [-0.1, -0.05) is 200 Å². The van der Waals surface area contributed by atoms with Crippen LogP contribution in [0.4, 0.5) is 17.1 Å². The summed E-state index contributed by atoms with van der Waals surface area (Å²) in [5, 5.41) is 2.63. The average Bonchev–Trinajstić information content (AvgIpc) is 3.90. The van der Waals surface area contributed by atoms with E-state index in [1.807, 2.05) is 11.3 Å². The number of hydrogen-bond acceptors (Lipinski definition) is 2. The summed E-state index contributed by atoms with van der Waals surface area (Å²) in [6.07, 6.45) is 0. The zero-order valence-corrected chi connectivity index (χ0v) is 35.3. The van der Waals surface area contributed by atoms with Crippen molar-refractivity contribution in [1.29, 1.82) is 0 Å². The quantitative estimate of drug-likeness (QED) is 0.148. The van der Waals surface area contributed by atoms with Gasteiger partial charge in [0.15, 0.2) is 0 Å². The van der Waals surface area contributed by atoms with Gasteiger partial charge in [-0.25, -0.2) is 0 Å². The molecule has 1 nitrogen and oxygen atoms in total. The van der Waals surface area contributed by atoms with E-state index < -0.39 is 5.41 Å². The molecular formula is C61H41NS. The molecule has 10 aromatic carbocycles. The van der Waals surface area contributed by atoms with Crippen LogP contribution in [0.2, 0.25) is 0 Å². The highest BCUT2D eigenvalue weighted by atomic mass is 32.1. The number of thiophene rings is 1. The third kappa shape index (κ3) is 6.14. The summed E-state index contributed by atoms with van der Waals surface area (Å²) in [4.78, 5) is 2.42. The maximum atomic E-state index is 2.43. The number of anilines is 3. The predicted molar refractivity (Wildman–Crippen MR) is 268 cm³/mol. The van der Waals surface area contributed by atoms with Gasteiger partial charge < -0.3 is 4.90 Å². The molecule has 0 amide bonds. The Bertz CT molecular complexity index is 3390. The van der Waals surface area contributed by atoms with Crippen molar-refractivity contribution in [1.82, 2.24) is 0 Å². The van der Waals surface area contributed by atoms with Crippen molar-refractivity contribution in [3.8, 4) is 44.5 Å². The zero-order valence-electron chi connectivity index (χ0n) is 34.5. The van der Waals surface area contributed by atoms with Gasteiger partial charge in [0.05, 0.1) is 5.41 Å². The van der Waals surface area contributed by atoms with Gasteiger partial charge in [0.2, 0.25) is 0 Å². The lowest BCUT2D eigenvalue weighted by atomic mass is 9.67. The second-order valence-electron chi connectivity index (χ2n) is 16.4. The smallest absolute Gasteiger partial charge is 0.0714 e. The summed E-state index contributed by atoms with van der Waals surface area (Å²) < 4.78 is 2.64. The molecular weight excluding hydrogens is 779 g/mol. The lowest BCUT2D eigenvalue weighted by Gasteiger charge is -2.35. The fourth-order valence-corrected chi connectivity index (χ4v) is 11.4. The fraction of sp³-hybridized carbons (Fsp3) is 0.0164. The maximum Gasteiger partial charge on any atom is 0.0714 e. The lowest BCUT2D eigenvalue weighted by Crippen LogP contribution is -2.28. The van der Waals surface area contributed by atoms with Crippen molar-refractivity contribution >= 4 is 48.6 Å². The Hall–Kier alpha value is -7.78. The third-order valence-electron chi connectivity index (χ3n) is 13.0. The van der Waals surface area contributed by atoms with Crippen LogP contribution in [0.1, 0.15) is 22.3 Å². The molecule has 0 spiro atoms. The molecule has 1 heterocycles. The Morgan fingerprint density at radius 2 is 0.794 bits per heavy atom. The normalized spacial score (nSPS) is 12.6. The van der Waals surface area contributed by atoms with Crippen LogP contribution in [0.15, 0.2) is 249 Å². The summed E-state index contributed by atoms with van der Waals surface area (Å²) in [6.45, 7) is 0. The van der Waals surface area contributed by atoms with E-state index in [0.717, 1.165) is 17.1 Å². The second kappa shape index (κ2) is 15.3. The van der Waals surface area contributed by atoms with Gasteiger partial charge in [-0.05, 0) is 115 Å². The molecule has 0 saturated carbocycles. The van der Waals surface area contributed by atoms with Crippen LogP contribution in [0, 0.1) is 0 Å². The Kier molecular flexibility index (Phi) is 8.98. The largest absolute Gasteiger partial charge is 0.310 e. The van der Waals surface area contributed by atoms with E-state index in [9.17, 15) is 0 Å². The molecule has 63 heavy (non-hydrogen) atoms. The highest BCUT2D eigenvalue weighted by Crippen LogP contribution is 2.56. The summed E-state index contributed by atoms with van der Waals surface area (Å²) in [5.74, 6) is 0. The molecule has 0 saturated heterocycles. The number of benzene rings is 10. The Balaban J connectivity index is 1.01. The molecule has 0 bridgehead atoms. The molecule has 0 atom stereocenters. The Labute approximate surface area is 372 Å². The van der Waals surface area contributed by atoms with Gasteiger partial charge in [0, 0.05) is 37.2 Å². The minimum atomic E-state index is -0.503. The van der Waals surface area contributed by atoms with Crippen molar-refractivity contribution in [2.45, 2.75) is 5.41 Å². The van der Waals surface area contributed by atoms with Gasteiger partial charge in [0.1, 0.15) is 0 Å². The third-order valence-corrected chi connectivity index (χ3v) is 14.2. The highest BCUT2D eigenvalue weighted by Gasteiger charge is 2.46. The Morgan fingerprint density at radius 3 is 1.49 bits per heavy atom. The van der Waals surface area contributed by atoms with Gasteiger partial charge in [-0.15, -0.1) is 11.3 Å². The first-order valence-electron chi connectivity index (χ1n) is 21.7. The number of nitrogens with zero attached hydrogens (tertiary/aromatic N) is 1. The molecule has 1 aromatic heterocycles. The molecule has 0 aliphatic heterocycles. The van der Waals surface area contributed by atoms with E-state index in [1.165, 1.54) is 86.9 Å². The minimum absolute atomic E-state index is 0.503. The lowest BCUT2D eigenvalue weighted by molar-refractivity contribution is 0.768. The first-order valence-corrected chi connectivity index (χ1v) is 22.5. The van der Waals surface area contributed by atoms with Crippen molar-refractivity contribution in [3.05, 3.63) is 271 Å². The number of hydrogen-bond donors (Lipinski definition) is 0. The van der Waals surface area contributed by atoms with E-state index in [-0.39, 0.29) is 0 Å². The van der Waals surface area contributed by atoms with Crippen molar-refractivity contribution < 1.29 is 0 Å². The van der Waals surface area contributed by atoms with Crippen LogP contribution < -0.4 is 4.90 Å². The monoisotopic (exact) mass is 819 g/mol. The Morgan fingerprint density at radius 1 is 0.302 bits per heavy atom. The van der Waals surface area contributed by atoms with Crippen molar-refractivity contribution in [2.75, 3.05) is 4.90 Å². The topological polar surface area (TPSA) is 3.24 Å². The summed E-state index contributed by atoms with van der Waals surface area (Å²) in [6, 6.07) is 91.4. The van der Waals surface area contributed by atoms with Gasteiger partial charge in [0.25, 0.3) is 0 Å². The van der Waals surface area contributed by atoms with E-state index in [1.54, 1.807) is 0 Å². The molecule has 12 rings (SSSR count). The molecule has 0 fully saturated rings. The van der Waals surface area contributed by atoms with Crippen LogP contribution in [0.3, 0.4) is 0 Å². The predicted octanol–water partition coefficient (Wildman–Crippen LogP) is 16.9. The van der Waals surface area contributed by atoms with Gasteiger partial charge in [-0.2, -0.15) is 0 Å². The van der Waals surface area contributed by atoms with Crippen LogP contribution >= 0.6 is 11.3 Å². The van der Waals surface area contributed by atoms with Crippen LogP contribution in [0.25, 0.3) is 64.7 Å². The zero-order chi connectivity index (χ0) is 41.7. The second-order valence-corrected chi connectivity index (χ2v) is 17.5. The van der Waals surface area contributed by atoms with E-state index >= 15 is 0 Å². The van der Waals surface area contributed by atoms with Crippen LogP contribution in [-0.4, -0.2) is 0 Å². The number of rotatable bonds is 8. The van der Waals surface area contributed by atoms with Crippen LogP contribution in [-0.2, 0) is 5.41 Å². The highest BCUT2D eigenvalue weighted by molar-refractivity contribution is 7.26. The van der Waals surface area contributed by atoms with Gasteiger partial charge >= 0.3 is 0 Å². The molecule has 0 unspecified atom stereocenters. The molecule has 1 aliphatic rings. The molecule has 1 aliphatic carbocycles. The SMILES string of the molecule is c1ccc(-c2cccc(-c3ccc(N(c4ccc(-c5cccc6c5sc5ccccc56)cc4)c4cccc(C5(c6ccccc6)c6ccccc6-c6ccccc65)c4)cc3)c2)cc1. The molecule has 0 N–H and O–H groups in total. The summed E-state index contributed by atoms with van der Waals surface area (Å²) in [7, 11) is 0. The van der Waals surface area contributed by atoms with Crippen LogP contribution in [0.5, 0.6) is 0 Å². The van der Waals surface area contributed by atoms with E-state index in [4.69, 9.17) is 0 Å². The van der Waals surface area contributed by atoms with Crippen molar-refractivity contribution in [3.63, 3.8) is 0 Å². The van der Waals surface area contributed by atoms with E-state index in [0.29, 0.717) is 0 Å². The number of fused-ring (bicyclic) bond motifs is 6. The molecule has 2 heteroatoms. The maximum absolute atomic E-state index is 2.43. The van der Waals surface area contributed by atoms with E-state index in [2.05, 4.69) is 254 Å². The molecule has 0 radical (unpaired) electrons. The summed E-state index contributed by atoms with van der Waals surface area (Å²) >= 11 is 1.88. The van der Waals surface area contributed by atoms with Crippen molar-refractivity contribution in [2.24, 2.45) is 0 Å². The first kappa shape index (κ1) is 37.0. The van der Waals surface area contributed by atoms with Gasteiger partial charge in [-0.3, -0.25) is 0 Å². The standard InChI is InChI=1S/C61H41NS/c1-3-16-42(17-4-1)45-18-13-19-46(40-45)43-32-36-49(37-33-43)62(50-38-34-44(35-39-50)52-27-15-28-56-55-26-9-12-31-59(55)63-60(52)56)51-23-14-22-48(41-51)61(47-20-5-2-6-21-47)57-29-10-7-24-53(57)54-25-8-11-30-58(54)61/h1-41H. The fourth-order valence-electron chi connectivity index (χ4n) is 10.1.